The predicted octanol–water partition coefficient (Wildman–Crippen LogP) is 5.88. The van der Waals surface area contributed by atoms with E-state index >= 15 is 0 Å². The number of nitrogens with one attached hydrogen (secondary N) is 4. The molecule has 0 atom stereocenters. The highest BCUT2D eigenvalue weighted by Gasteiger charge is 2.38. The van der Waals surface area contributed by atoms with Crippen LogP contribution >= 0.6 is 23.4 Å². The fourth-order valence-corrected chi connectivity index (χ4v) is 6.06. The van der Waals surface area contributed by atoms with Crippen molar-refractivity contribution in [1.82, 2.24) is 15.6 Å². The topological polar surface area (TPSA) is 93.9 Å². The van der Waals surface area contributed by atoms with Crippen LogP contribution in [0.1, 0.15) is 46.1 Å². The van der Waals surface area contributed by atoms with Gasteiger partial charge in [-0.25, -0.2) is 4.98 Å². The molecule has 0 unspecified atom stereocenters. The molecule has 1 aromatic carbocycles. The van der Waals surface area contributed by atoms with Crippen LogP contribution in [0.4, 0.5) is 0 Å². The maximum absolute atomic E-state index is 8.62. The molecule has 3 rings (SSSR count). The maximum atomic E-state index is 8.62. The van der Waals surface area contributed by atoms with Crippen LogP contribution in [0, 0.1) is 10.8 Å². The van der Waals surface area contributed by atoms with Crippen molar-refractivity contribution in [3.05, 3.63) is 47.1 Å². The number of thioether (sulfide) groups is 1. The van der Waals surface area contributed by atoms with Crippen molar-refractivity contribution in [1.29, 1.82) is 10.8 Å². The number of aromatic nitrogens is 1. The fourth-order valence-electron chi connectivity index (χ4n) is 4.09. The number of methoxy groups -OCH3 is 1. The van der Waals surface area contributed by atoms with Gasteiger partial charge in [-0.3, -0.25) is 5.41 Å². The second-order valence-corrected chi connectivity index (χ2v) is 10.9. The Hall–Kier alpha value is -1.93. The summed E-state index contributed by atoms with van der Waals surface area (Å²) in [7, 11) is 5.35. The number of rotatable bonds is 4. The fraction of sp³-hybridized carbons (Fsp3) is 0.480. The first kappa shape index (κ1) is 29.1. The molecule has 0 spiro atoms. The summed E-state index contributed by atoms with van der Waals surface area (Å²) in [5.74, 6) is 0.581. The standard InChI is InChI=1S/C22H28ClN3OS.C2H7N.CH3N/c1-21(2)11-16(12-22(3,4)26-21)28-20(24)17-8-6-14(10-18(17)23)15-7-9-19(27-5)25-13-15;1-3-2;1-2/h6-10,13,16,24,26H,11-12H2,1-5H3;3H,1-2H3;2H,1H2. The summed E-state index contributed by atoms with van der Waals surface area (Å²) in [4.78, 5) is 4.25. The third-order valence-electron chi connectivity index (χ3n) is 4.93. The monoisotopic (exact) mass is 491 g/mol. The second-order valence-electron chi connectivity index (χ2n) is 9.15. The molecule has 2 heterocycles. The van der Waals surface area contributed by atoms with Crippen molar-refractivity contribution in [3.8, 4) is 17.0 Å². The summed E-state index contributed by atoms with van der Waals surface area (Å²) in [6.07, 6.45) is 3.82. The normalized spacial score (nSPS) is 16.5. The van der Waals surface area contributed by atoms with Crippen molar-refractivity contribution >= 4 is 35.1 Å². The van der Waals surface area contributed by atoms with Crippen LogP contribution in [0.25, 0.3) is 11.1 Å². The van der Waals surface area contributed by atoms with E-state index in [1.165, 1.54) is 0 Å². The predicted molar refractivity (Wildman–Crippen MR) is 145 cm³/mol. The molecule has 0 radical (unpaired) electrons. The summed E-state index contributed by atoms with van der Waals surface area (Å²) in [6.45, 7) is 11.4. The molecule has 1 fully saturated rings. The van der Waals surface area contributed by atoms with Crippen LogP contribution < -0.4 is 15.4 Å². The summed E-state index contributed by atoms with van der Waals surface area (Å²) in [5, 5.41) is 22.1. The number of nitrogens with zero attached hydrogens (tertiary/aromatic N) is 1. The van der Waals surface area contributed by atoms with E-state index in [4.69, 9.17) is 27.2 Å². The number of pyridine rings is 1. The van der Waals surface area contributed by atoms with Gasteiger partial charge in [-0.05, 0) is 79.0 Å². The minimum atomic E-state index is 0.0642. The first-order valence-corrected chi connectivity index (χ1v) is 12.0. The molecule has 0 saturated carbocycles. The molecule has 8 heteroatoms. The van der Waals surface area contributed by atoms with Gasteiger partial charge in [0.15, 0.2) is 0 Å². The molecule has 33 heavy (non-hydrogen) atoms. The molecule has 4 N–H and O–H groups in total. The Morgan fingerprint density at radius 3 is 2.12 bits per heavy atom. The molecule has 0 aliphatic carbocycles. The van der Waals surface area contributed by atoms with Crippen molar-refractivity contribution in [2.45, 2.75) is 56.9 Å². The minimum absolute atomic E-state index is 0.0642. The molecule has 1 aromatic heterocycles. The highest BCUT2D eigenvalue weighted by molar-refractivity contribution is 8.14. The SMILES string of the molecule is C=N.CNC.COc1ccc(-c2ccc(C(=N)SC3CC(C)(C)NC(C)(C)C3)c(Cl)c2)cn1. The number of hydrogen-bond donors (Lipinski definition) is 4. The molecule has 0 amide bonds. The lowest BCUT2D eigenvalue weighted by molar-refractivity contribution is 0.189. The molecule has 6 nitrogen and oxygen atoms in total. The number of ether oxygens (including phenoxy) is 1. The van der Waals surface area contributed by atoms with E-state index < -0.39 is 0 Å². The Labute approximate surface area is 208 Å². The average Bonchev–Trinajstić information content (AvgIpc) is 2.73. The second kappa shape index (κ2) is 13.1. The van der Waals surface area contributed by atoms with Crippen LogP contribution in [0.2, 0.25) is 5.02 Å². The summed E-state index contributed by atoms with van der Waals surface area (Å²) >= 11 is 8.18. The minimum Gasteiger partial charge on any atom is -0.481 e. The molecule has 1 aliphatic heterocycles. The average molecular weight is 492 g/mol. The van der Waals surface area contributed by atoms with Crippen LogP contribution in [0.15, 0.2) is 36.5 Å². The Kier molecular flexibility index (Phi) is 11.5. The zero-order chi connectivity index (χ0) is 25.2. The lowest BCUT2D eigenvalue weighted by atomic mass is 9.82. The Morgan fingerprint density at radius 1 is 1.12 bits per heavy atom. The van der Waals surface area contributed by atoms with E-state index in [1.807, 2.05) is 44.4 Å². The van der Waals surface area contributed by atoms with Crippen LogP contribution in [0.5, 0.6) is 5.88 Å². The van der Waals surface area contributed by atoms with E-state index in [2.05, 4.69) is 50.0 Å². The van der Waals surface area contributed by atoms with Gasteiger partial charge >= 0.3 is 0 Å². The van der Waals surface area contributed by atoms with Gasteiger partial charge < -0.3 is 20.8 Å². The molecule has 1 saturated heterocycles. The molecule has 1 aliphatic rings. The van der Waals surface area contributed by atoms with E-state index in [1.54, 1.807) is 25.1 Å². The third kappa shape index (κ3) is 9.08. The smallest absolute Gasteiger partial charge is 0.212 e. The van der Waals surface area contributed by atoms with Gasteiger partial charge in [-0.1, -0.05) is 23.7 Å². The van der Waals surface area contributed by atoms with Crippen molar-refractivity contribution < 1.29 is 4.74 Å². The summed E-state index contributed by atoms with van der Waals surface area (Å²) in [5.41, 5.74) is 2.86. The number of benzene rings is 1. The zero-order valence-corrected chi connectivity index (χ0v) is 22.4. The molecule has 182 valence electrons. The van der Waals surface area contributed by atoms with Gasteiger partial charge in [-0.2, -0.15) is 0 Å². The Morgan fingerprint density at radius 2 is 1.67 bits per heavy atom. The van der Waals surface area contributed by atoms with E-state index in [9.17, 15) is 0 Å². The first-order valence-electron chi connectivity index (χ1n) is 10.8. The van der Waals surface area contributed by atoms with Crippen LogP contribution in [0.3, 0.4) is 0 Å². The maximum Gasteiger partial charge on any atom is 0.212 e. The lowest BCUT2D eigenvalue weighted by Gasteiger charge is -2.46. The highest BCUT2D eigenvalue weighted by atomic mass is 35.5. The Balaban J connectivity index is 0.00000101. The molecular formula is C25H38ClN5OS. The lowest BCUT2D eigenvalue weighted by Crippen LogP contribution is -2.58. The number of hydrogen-bond acceptors (Lipinski definition) is 7. The zero-order valence-electron chi connectivity index (χ0n) is 20.8. The van der Waals surface area contributed by atoms with E-state index in [0.717, 1.165) is 29.5 Å². The highest BCUT2D eigenvalue weighted by Crippen LogP contribution is 2.38. The first-order chi connectivity index (χ1) is 15.5. The van der Waals surface area contributed by atoms with Gasteiger partial charge in [0.05, 0.1) is 17.2 Å². The largest absolute Gasteiger partial charge is 0.481 e. The quantitative estimate of drug-likeness (QED) is 0.316. The van der Waals surface area contributed by atoms with Gasteiger partial charge in [0, 0.05) is 39.7 Å². The number of piperidine rings is 1. The van der Waals surface area contributed by atoms with Gasteiger partial charge in [0.25, 0.3) is 0 Å². The molecule has 2 aromatic rings. The van der Waals surface area contributed by atoms with Crippen molar-refractivity contribution in [2.75, 3.05) is 21.2 Å². The Bertz CT molecular complexity index is 886. The van der Waals surface area contributed by atoms with Gasteiger partial charge in [0.2, 0.25) is 5.88 Å². The van der Waals surface area contributed by atoms with Crippen molar-refractivity contribution in [2.24, 2.45) is 0 Å². The van der Waals surface area contributed by atoms with Gasteiger partial charge in [0.1, 0.15) is 0 Å². The van der Waals surface area contributed by atoms with E-state index in [0.29, 0.717) is 21.2 Å². The third-order valence-corrected chi connectivity index (χ3v) is 6.36. The van der Waals surface area contributed by atoms with Crippen LogP contribution in [-0.4, -0.2) is 54.3 Å². The summed E-state index contributed by atoms with van der Waals surface area (Å²) < 4.78 is 5.11. The van der Waals surface area contributed by atoms with Crippen LogP contribution in [-0.2, 0) is 0 Å². The number of halogens is 1. The molecule has 0 bridgehead atoms. The van der Waals surface area contributed by atoms with Crippen molar-refractivity contribution in [3.63, 3.8) is 0 Å². The molecular weight excluding hydrogens is 454 g/mol. The summed E-state index contributed by atoms with van der Waals surface area (Å²) in [6, 6.07) is 9.63. The van der Waals surface area contributed by atoms with Gasteiger partial charge in [-0.15, -0.1) is 11.8 Å². The van der Waals surface area contributed by atoms with E-state index in [-0.39, 0.29) is 11.1 Å².